The molecule has 1 aliphatic rings. The summed E-state index contributed by atoms with van der Waals surface area (Å²) in [5.41, 5.74) is 8.09. The van der Waals surface area contributed by atoms with Gasteiger partial charge in [0, 0.05) is 37.9 Å². The van der Waals surface area contributed by atoms with Crippen LogP contribution in [0.3, 0.4) is 0 Å². The van der Waals surface area contributed by atoms with Crippen LogP contribution in [0.1, 0.15) is 18.0 Å². The summed E-state index contributed by atoms with van der Waals surface area (Å²) in [6.45, 7) is 2.26. The van der Waals surface area contributed by atoms with Gasteiger partial charge in [-0.25, -0.2) is 14.6 Å². The molecule has 0 aliphatic carbocycles. The third-order valence-electron chi connectivity index (χ3n) is 5.08. The maximum atomic E-state index is 12.7. The molecular formula is C20H24N6O3. The van der Waals surface area contributed by atoms with Gasteiger partial charge in [-0.15, -0.1) is 0 Å². The van der Waals surface area contributed by atoms with Crippen molar-refractivity contribution in [3.63, 3.8) is 0 Å². The van der Waals surface area contributed by atoms with E-state index in [9.17, 15) is 4.79 Å². The molecule has 2 aromatic heterocycles. The number of benzene rings is 1. The zero-order chi connectivity index (χ0) is 20.2. The number of rotatable bonds is 7. The van der Waals surface area contributed by atoms with Crippen LogP contribution in [0, 0.1) is 0 Å². The van der Waals surface area contributed by atoms with Crippen LogP contribution in [-0.4, -0.2) is 63.9 Å². The van der Waals surface area contributed by atoms with Gasteiger partial charge in [-0.2, -0.15) is 5.10 Å². The van der Waals surface area contributed by atoms with Gasteiger partial charge in [-0.1, -0.05) is 12.1 Å². The molecule has 0 saturated carbocycles. The number of nitrogens with zero attached hydrogens (tertiary/aromatic N) is 5. The van der Waals surface area contributed by atoms with Crippen molar-refractivity contribution < 1.29 is 14.3 Å². The molecule has 1 atom stereocenters. The monoisotopic (exact) mass is 396 g/mol. The predicted octanol–water partition coefficient (Wildman–Crippen LogP) is 1.19. The third-order valence-corrected chi connectivity index (χ3v) is 5.08. The number of hydrogen-bond acceptors (Lipinski definition) is 7. The number of para-hydroxylation sites is 2. The summed E-state index contributed by atoms with van der Waals surface area (Å²) in [5.74, 6) is 1.22. The maximum Gasteiger partial charge on any atom is 0.260 e. The van der Waals surface area contributed by atoms with Gasteiger partial charge in [0.25, 0.3) is 5.91 Å². The first-order valence-corrected chi connectivity index (χ1v) is 9.62. The van der Waals surface area contributed by atoms with Crippen molar-refractivity contribution in [3.8, 4) is 11.5 Å². The van der Waals surface area contributed by atoms with E-state index < -0.39 is 0 Å². The number of carbonyl (C=O) groups is 1. The van der Waals surface area contributed by atoms with Crippen molar-refractivity contribution in [2.24, 2.45) is 5.73 Å². The van der Waals surface area contributed by atoms with E-state index in [1.54, 1.807) is 36.3 Å². The molecule has 1 aliphatic heterocycles. The normalized spacial score (nSPS) is 16.3. The van der Waals surface area contributed by atoms with Gasteiger partial charge in [0.2, 0.25) is 0 Å². The van der Waals surface area contributed by atoms with E-state index in [0.717, 1.165) is 23.3 Å². The highest BCUT2D eigenvalue weighted by molar-refractivity contribution is 5.79. The molecule has 3 aromatic rings. The maximum absolute atomic E-state index is 12.7. The summed E-state index contributed by atoms with van der Waals surface area (Å²) in [6, 6.07) is 7.29. The lowest BCUT2D eigenvalue weighted by Crippen LogP contribution is -2.33. The second-order valence-electron chi connectivity index (χ2n) is 6.89. The topological polar surface area (TPSA) is 108 Å². The Labute approximate surface area is 168 Å². The summed E-state index contributed by atoms with van der Waals surface area (Å²) in [5, 5.41) is 4.70. The molecule has 152 valence electrons. The Balaban J connectivity index is 1.44. The Morgan fingerprint density at radius 3 is 2.83 bits per heavy atom. The van der Waals surface area contributed by atoms with Crippen LogP contribution in [0.25, 0.3) is 11.2 Å². The molecule has 29 heavy (non-hydrogen) atoms. The first kappa shape index (κ1) is 19.1. The smallest absolute Gasteiger partial charge is 0.260 e. The van der Waals surface area contributed by atoms with E-state index in [0.29, 0.717) is 37.7 Å². The quantitative estimate of drug-likeness (QED) is 0.639. The molecule has 9 nitrogen and oxygen atoms in total. The minimum Gasteiger partial charge on any atom is -0.493 e. The average molecular weight is 396 g/mol. The van der Waals surface area contributed by atoms with Crippen LogP contribution >= 0.6 is 0 Å². The Bertz CT molecular complexity index is 1000. The highest BCUT2D eigenvalue weighted by Crippen LogP contribution is 2.31. The second kappa shape index (κ2) is 8.44. The number of ether oxygens (including phenoxy) is 2. The predicted molar refractivity (Wildman–Crippen MR) is 107 cm³/mol. The fourth-order valence-electron chi connectivity index (χ4n) is 3.66. The molecule has 1 amide bonds. The van der Waals surface area contributed by atoms with E-state index in [2.05, 4.69) is 9.97 Å². The molecule has 9 heteroatoms. The van der Waals surface area contributed by atoms with E-state index in [1.807, 2.05) is 17.0 Å². The molecule has 4 rings (SSSR count). The van der Waals surface area contributed by atoms with Crippen LogP contribution in [0.2, 0.25) is 0 Å². The Hall–Kier alpha value is -3.20. The molecule has 1 fully saturated rings. The van der Waals surface area contributed by atoms with Gasteiger partial charge in [0.1, 0.15) is 5.52 Å². The van der Waals surface area contributed by atoms with Crippen LogP contribution in [-0.2, 0) is 11.3 Å². The minimum atomic E-state index is -0.0600. The van der Waals surface area contributed by atoms with Crippen molar-refractivity contribution in [2.45, 2.75) is 18.9 Å². The summed E-state index contributed by atoms with van der Waals surface area (Å²) >= 11 is 0. The largest absolute Gasteiger partial charge is 0.493 e. The van der Waals surface area contributed by atoms with E-state index >= 15 is 0 Å². The lowest BCUT2D eigenvalue weighted by atomic mass is 10.0. The number of nitrogens with two attached hydrogens (primary N) is 1. The van der Waals surface area contributed by atoms with Crippen molar-refractivity contribution >= 4 is 17.1 Å². The summed E-state index contributed by atoms with van der Waals surface area (Å²) in [4.78, 5) is 23.3. The van der Waals surface area contributed by atoms with Crippen LogP contribution < -0.4 is 15.2 Å². The summed E-state index contributed by atoms with van der Waals surface area (Å²) < 4.78 is 12.7. The van der Waals surface area contributed by atoms with Crippen molar-refractivity contribution in [3.05, 3.63) is 42.4 Å². The highest BCUT2D eigenvalue weighted by Gasteiger charge is 2.31. The minimum absolute atomic E-state index is 0.0325. The lowest BCUT2D eigenvalue weighted by molar-refractivity contribution is -0.132. The molecule has 2 N–H and O–H groups in total. The second-order valence-corrected chi connectivity index (χ2v) is 6.89. The third kappa shape index (κ3) is 3.86. The van der Waals surface area contributed by atoms with E-state index in [4.69, 9.17) is 20.3 Å². The molecule has 0 bridgehead atoms. The molecule has 1 unspecified atom stereocenters. The fraction of sp³-hybridized carbons (Fsp3) is 0.400. The van der Waals surface area contributed by atoms with Gasteiger partial charge in [-0.05, 0) is 18.6 Å². The number of aromatic nitrogens is 4. The van der Waals surface area contributed by atoms with E-state index in [-0.39, 0.29) is 18.4 Å². The zero-order valence-electron chi connectivity index (χ0n) is 16.3. The van der Waals surface area contributed by atoms with Crippen LogP contribution in [0.5, 0.6) is 11.5 Å². The average Bonchev–Trinajstić information content (AvgIpc) is 3.38. The Morgan fingerprint density at radius 2 is 2.03 bits per heavy atom. The number of hydrogen-bond donors (Lipinski definition) is 1. The SMILES string of the molecule is COc1ccccc1OCC(=O)N1CCC(c2nn(CCN)c3nccnc23)C1. The first-order valence-electron chi connectivity index (χ1n) is 9.62. The van der Waals surface area contributed by atoms with Gasteiger partial charge < -0.3 is 20.1 Å². The van der Waals surface area contributed by atoms with Crippen LogP contribution in [0.4, 0.5) is 0 Å². The zero-order valence-corrected chi connectivity index (χ0v) is 16.3. The number of methoxy groups -OCH3 is 1. The van der Waals surface area contributed by atoms with Gasteiger partial charge >= 0.3 is 0 Å². The van der Waals surface area contributed by atoms with E-state index in [1.165, 1.54) is 0 Å². The summed E-state index contributed by atoms with van der Waals surface area (Å²) in [7, 11) is 1.58. The van der Waals surface area contributed by atoms with Gasteiger partial charge in [0.15, 0.2) is 23.8 Å². The molecule has 1 aromatic carbocycles. The molecule has 0 spiro atoms. The summed E-state index contributed by atoms with van der Waals surface area (Å²) in [6.07, 6.45) is 4.14. The lowest BCUT2D eigenvalue weighted by Gasteiger charge is -2.17. The number of fused-ring (bicyclic) bond motifs is 1. The Morgan fingerprint density at radius 1 is 1.24 bits per heavy atom. The highest BCUT2D eigenvalue weighted by atomic mass is 16.5. The molecule has 3 heterocycles. The van der Waals surface area contributed by atoms with Crippen molar-refractivity contribution in [2.75, 3.05) is 33.4 Å². The van der Waals surface area contributed by atoms with Gasteiger partial charge in [0.05, 0.1) is 19.3 Å². The molecule has 1 saturated heterocycles. The number of carbonyl (C=O) groups excluding carboxylic acids is 1. The molecular weight excluding hydrogens is 372 g/mol. The Kier molecular flexibility index (Phi) is 5.57. The van der Waals surface area contributed by atoms with Crippen LogP contribution in [0.15, 0.2) is 36.7 Å². The standard InChI is InChI=1S/C20H24N6O3/c1-28-15-4-2-3-5-16(15)29-13-17(27)25-10-6-14(12-25)18-19-20(23-9-8-22-19)26(24-18)11-7-21/h2-5,8-9,14H,6-7,10-13,21H2,1H3. The number of likely N-dealkylation sites (tertiary alicyclic amines) is 1. The molecule has 0 radical (unpaired) electrons. The van der Waals surface area contributed by atoms with Gasteiger partial charge in [-0.3, -0.25) is 4.79 Å². The fourth-order valence-corrected chi connectivity index (χ4v) is 3.66. The first-order chi connectivity index (χ1) is 14.2. The van der Waals surface area contributed by atoms with Crippen molar-refractivity contribution in [1.82, 2.24) is 24.6 Å². The van der Waals surface area contributed by atoms with Crippen molar-refractivity contribution in [1.29, 1.82) is 0 Å². The number of amides is 1.